The van der Waals surface area contributed by atoms with E-state index in [0.29, 0.717) is 11.3 Å². The highest BCUT2D eigenvalue weighted by Gasteiger charge is 2.65. The molecule has 5 rings (SSSR count). The lowest BCUT2D eigenvalue weighted by molar-refractivity contribution is -0.142. The number of methoxy groups -OCH3 is 1. The molecule has 3 aromatic rings. The summed E-state index contributed by atoms with van der Waals surface area (Å²) >= 11 is 0. The van der Waals surface area contributed by atoms with E-state index in [0.717, 1.165) is 4.90 Å². The van der Waals surface area contributed by atoms with Crippen LogP contribution in [0.15, 0.2) is 102 Å². The number of imide groups is 1. The van der Waals surface area contributed by atoms with Crippen molar-refractivity contribution >= 4 is 27.6 Å². The maximum atomic E-state index is 14.1. The number of carbonyl (C=O) groups is 3. The van der Waals surface area contributed by atoms with Crippen LogP contribution in [0.25, 0.3) is 0 Å². The van der Waals surface area contributed by atoms with Gasteiger partial charge in [0.1, 0.15) is 11.9 Å². The number of sulfone groups is 1. The van der Waals surface area contributed by atoms with E-state index >= 15 is 0 Å². The molecule has 0 radical (unpaired) electrons. The molecule has 0 bridgehead atoms. The first-order chi connectivity index (χ1) is 18.8. The van der Waals surface area contributed by atoms with E-state index in [-0.39, 0.29) is 17.0 Å². The molecule has 9 nitrogen and oxygen atoms in total. The summed E-state index contributed by atoms with van der Waals surface area (Å²) in [5.41, 5.74) is 0.894. The van der Waals surface area contributed by atoms with E-state index in [1.165, 1.54) is 43.5 Å². The van der Waals surface area contributed by atoms with Gasteiger partial charge in [0.2, 0.25) is 12.2 Å². The van der Waals surface area contributed by atoms with Crippen molar-refractivity contribution in [3.63, 3.8) is 0 Å². The smallest absolute Gasteiger partial charge is 0.340 e. The van der Waals surface area contributed by atoms with E-state index in [1.807, 2.05) is 0 Å². The first-order valence-corrected chi connectivity index (χ1v) is 13.6. The zero-order chi connectivity index (χ0) is 27.6. The Morgan fingerprint density at radius 3 is 2.23 bits per heavy atom. The van der Waals surface area contributed by atoms with Crippen molar-refractivity contribution in [3.8, 4) is 5.75 Å². The lowest BCUT2D eigenvalue weighted by atomic mass is 9.99. The number of benzene rings is 3. The van der Waals surface area contributed by atoms with Crippen molar-refractivity contribution in [1.29, 1.82) is 0 Å². The molecule has 39 heavy (non-hydrogen) atoms. The van der Waals surface area contributed by atoms with Gasteiger partial charge < -0.3 is 14.2 Å². The molecule has 2 amide bonds. The summed E-state index contributed by atoms with van der Waals surface area (Å²) in [6.45, 7) is -0.128. The molecule has 200 valence electrons. The Labute approximate surface area is 225 Å². The molecule has 0 unspecified atom stereocenters. The van der Waals surface area contributed by atoms with Gasteiger partial charge in [0.15, 0.2) is 14.6 Å². The average molecular weight is 548 g/mol. The molecule has 1 saturated heterocycles. The third-order valence-corrected chi connectivity index (χ3v) is 9.17. The quantitative estimate of drug-likeness (QED) is 0.240. The van der Waals surface area contributed by atoms with E-state index < -0.39 is 51.2 Å². The zero-order valence-electron chi connectivity index (χ0n) is 20.9. The second kappa shape index (κ2) is 10.5. The number of nitrogens with zero attached hydrogens (tertiary/aromatic N) is 1. The van der Waals surface area contributed by atoms with Gasteiger partial charge in [-0.15, -0.1) is 0 Å². The van der Waals surface area contributed by atoms with Crippen molar-refractivity contribution in [2.24, 2.45) is 0 Å². The van der Waals surface area contributed by atoms with Gasteiger partial charge in [-0.2, -0.15) is 0 Å². The molecule has 2 aliphatic rings. The number of hydrogen-bond acceptors (Lipinski definition) is 8. The summed E-state index contributed by atoms with van der Waals surface area (Å²) in [5.74, 6) is -1.64. The molecule has 3 atom stereocenters. The third kappa shape index (κ3) is 4.73. The number of rotatable bonds is 8. The fourth-order valence-corrected chi connectivity index (χ4v) is 6.74. The Morgan fingerprint density at radius 2 is 1.59 bits per heavy atom. The van der Waals surface area contributed by atoms with Crippen LogP contribution in [0.1, 0.15) is 22.3 Å². The molecule has 2 aliphatic heterocycles. The Morgan fingerprint density at radius 1 is 0.949 bits per heavy atom. The second-order valence-electron chi connectivity index (χ2n) is 9.10. The molecule has 2 heterocycles. The van der Waals surface area contributed by atoms with Gasteiger partial charge in [0.05, 0.1) is 30.5 Å². The summed E-state index contributed by atoms with van der Waals surface area (Å²) in [4.78, 5) is 40.6. The summed E-state index contributed by atoms with van der Waals surface area (Å²) in [7, 11) is -2.94. The number of hydrogen-bond donors (Lipinski definition) is 0. The zero-order valence-corrected chi connectivity index (χ0v) is 21.7. The molecule has 10 heteroatoms. The Kier molecular flexibility index (Phi) is 7.07. The van der Waals surface area contributed by atoms with Crippen LogP contribution in [0.2, 0.25) is 0 Å². The summed E-state index contributed by atoms with van der Waals surface area (Å²) < 4.78 is 42.3. The van der Waals surface area contributed by atoms with Gasteiger partial charge in [-0.25, -0.2) is 13.2 Å². The number of carbonyl (C=O) groups excluding carboxylic acids is 3. The van der Waals surface area contributed by atoms with Gasteiger partial charge in [0, 0.05) is 0 Å². The molecule has 0 saturated carbocycles. The van der Waals surface area contributed by atoms with E-state index in [2.05, 4.69) is 0 Å². The minimum Gasteiger partial charge on any atom is -0.497 e. The lowest BCUT2D eigenvalue weighted by Crippen LogP contribution is -2.55. The first kappa shape index (κ1) is 26.3. The third-order valence-electron chi connectivity index (χ3n) is 6.77. The molecule has 3 aromatic carbocycles. The Balaban J connectivity index is 1.47. The maximum absolute atomic E-state index is 14.1. The minimum atomic E-state index is -4.45. The average Bonchev–Trinajstić information content (AvgIpc) is 3.53. The topological polar surface area (TPSA) is 116 Å². The Bertz CT molecular complexity index is 1520. The number of ether oxygens (including phenoxy) is 3. The van der Waals surface area contributed by atoms with Gasteiger partial charge >= 0.3 is 5.97 Å². The van der Waals surface area contributed by atoms with Crippen LogP contribution in [0.3, 0.4) is 0 Å². The fourth-order valence-electron chi connectivity index (χ4n) is 4.71. The fraction of sp³-hybridized carbons (Fsp3) is 0.207. The maximum Gasteiger partial charge on any atom is 0.340 e. The van der Waals surface area contributed by atoms with Crippen LogP contribution >= 0.6 is 0 Å². The highest BCUT2D eigenvalue weighted by atomic mass is 32.2. The Hall–Kier alpha value is -4.28. The molecule has 0 spiro atoms. The predicted octanol–water partition coefficient (Wildman–Crippen LogP) is 3.30. The van der Waals surface area contributed by atoms with Crippen LogP contribution in [0.5, 0.6) is 5.75 Å². The van der Waals surface area contributed by atoms with E-state index in [9.17, 15) is 22.8 Å². The van der Waals surface area contributed by atoms with Crippen LogP contribution < -0.4 is 4.74 Å². The van der Waals surface area contributed by atoms with Gasteiger partial charge in [0.25, 0.3) is 5.91 Å². The molecule has 1 fully saturated rings. The summed E-state index contributed by atoms with van der Waals surface area (Å²) in [6.07, 6.45) is -0.519. The van der Waals surface area contributed by atoms with Crippen molar-refractivity contribution in [2.45, 2.75) is 35.0 Å². The molecular weight excluding hydrogens is 522 g/mol. The van der Waals surface area contributed by atoms with Gasteiger partial charge in [-0.1, -0.05) is 54.6 Å². The largest absolute Gasteiger partial charge is 0.497 e. The number of esters is 1. The van der Waals surface area contributed by atoms with Gasteiger partial charge in [-0.05, 0) is 48.0 Å². The molecule has 0 aromatic heterocycles. The van der Waals surface area contributed by atoms with E-state index in [1.54, 1.807) is 60.7 Å². The van der Waals surface area contributed by atoms with Crippen LogP contribution in [-0.4, -0.2) is 55.4 Å². The number of amides is 2. The highest BCUT2D eigenvalue weighted by Crippen LogP contribution is 2.43. The van der Waals surface area contributed by atoms with E-state index in [4.69, 9.17) is 14.2 Å². The highest BCUT2D eigenvalue weighted by molar-refractivity contribution is 7.93. The molecule has 0 aliphatic carbocycles. The minimum absolute atomic E-state index is 0.126. The van der Waals surface area contributed by atoms with Crippen molar-refractivity contribution in [3.05, 3.63) is 108 Å². The first-order valence-electron chi connectivity index (χ1n) is 12.1. The van der Waals surface area contributed by atoms with Crippen LogP contribution in [0, 0.1) is 0 Å². The van der Waals surface area contributed by atoms with Crippen molar-refractivity contribution < 1.29 is 37.0 Å². The molecule has 0 N–H and O–H groups in total. The SMILES string of the molecule is COc1ccc(CN2C(=O)C[C@@]([C@@H]3C=C[C@H](OC(=O)c4ccccc4)O3)(S(=O)(=O)c3ccccc3)C2=O)cc1. The second-order valence-corrected chi connectivity index (χ2v) is 11.3. The monoisotopic (exact) mass is 547 g/mol. The van der Waals surface area contributed by atoms with Crippen LogP contribution in [0.4, 0.5) is 0 Å². The van der Waals surface area contributed by atoms with Crippen molar-refractivity contribution in [1.82, 2.24) is 4.90 Å². The standard InChI is InChI=1S/C29H25NO8S/c1-36-22-14-12-20(13-15-22)19-30-25(31)18-29(28(30)33,39(34,35)23-10-6-3-7-11-23)24-16-17-26(37-24)38-27(32)21-8-4-2-5-9-21/h2-17,24,26H,18-19H2,1H3/t24-,26-,29-/m0/s1. The number of likely N-dealkylation sites (tertiary alicyclic amines) is 1. The summed E-state index contributed by atoms with van der Waals surface area (Å²) in [6, 6.07) is 22.4. The summed E-state index contributed by atoms with van der Waals surface area (Å²) in [5, 5.41) is 0. The normalized spacial score (nSPS) is 22.7. The lowest BCUT2D eigenvalue weighted by Gasteiger charge is -2.31. The predicted molar refractivity (Wildman–Crippen MR) is 139 cm³/mol. The van der Waals surface area contributed by atoms with Crippen LogP contribution in [-0.2, 0) is 35.4 Å². The van der Waals surface area contributed by atoms with Gasteiger partial charge in [-0.3, -0.25) is 14.5 Å². The van der Waals surface area contributed by atoms with Crippen molar-refractivity contribution in [2.75, 3.05) is 7.11 Å². The molecular formula is C29H25NO8S.